The molecule has 2 rings (SSSR count). The van der Waals surface area contributed by atoms with Gasteiger partial charge in [0.15, 0.2) is 0 Å². The van der Waals surface area contributed by atoms with Gasteiger partial charge >= 0.3 is 0 Å². The van der Waals surface area contributed by atoms with Crippen LogP contribution in [-0.2, 0) is 0 Å². The number of nitrogens with zero attached hydrogens (tertiary/aromatic N) is 2. The summed E-state index contributed by atoms with van der Waals surface area (Å²) < 4.78 is 0. The first-order valence-corrected chi connectivity index (χ1v) is 8.00. The van der Waals surface area contributed by atoms with Crippen LogP contribution in [0.5, 0.6) is 0 Å². The maximum Gasteiger partial charge on any atom is 0.0107 e. The van der Waals surface area contributed by atoms with E-state index in [2.05, 4.69) is 29.0 Å². The summed E-state index contributed by atoms with van der Waals surface area (Å²) in [5, 5.41) is 3.66. The van der Waals surface area contributed by atoms with Gasteiger partial charge in [-0.3, -0.25) is 0 Å². The van der Waals surface area contributed by atoms with Crippen LogP contribution in [-0.4, -0.2) is 61.7 Å². The average molecular weight is 253 g/mol. The van der Waals surface area contributed by atoms with Crippen molar-refractivity contribution in [2.45, 2.75) is 45.6 Å². The molecule has 1 atom stereocenters. The van der Waals surface area contributed by atoms with E-state index < -0.39 is 0 Å². The highest BCUT2D eigenvalue weighted by molar-refractivity contribution is 4.78. The van der Waals surface area contributed by atoms with Gasteiger partial charge in [-0.15, -0.1) is 0 Å². The van der Waals surface area contributed by atoms with Crippen LogP contribution in [0.3, 0.4) is 0 Å². The number of hydrogen-bond donors (Lipinski definition) is 1. The normalized spacial score (nSPS) is 29.3. The summed E-state index contributed by atoms with van der Waals surface area (Å²) in [4.78, 5) is 5.29. The lowest BCUT2D eigenvalue weighted by molar-refractivity contribution is 0.150. The lowest BCUT2D eigenvalue weighted by Gasteiger charge is -2.34. The second-order valence-electron chi connectivity index (χ2n) is 6.03. The van der Waals surface area contributed by atoms with Crippen molar-refractivity contribution in [2.75, 3.05) is 45.8 Å². The Hall–Kier alpha value is -0.120. The fraction of sp³-hybridized carbons (Fsp3) is 1.00. The molecule has 0 aromatic rings. The average Bonchev–Trinajstić information content (AvgIpc) is 2.65. The quantitative estimate of drug-likeness (QED) is 0.824. The Morgan fingerprint density at radius 3 is 2.33 bits per heavy atom. The zero-order valence-corrected chi connectivity index (χ0v) is 12.3. The summed E-state index contributed by atoms with van der Waals surface area (Å²) in [5.41, 5.74) is 0. The van der Waals surface area contributed by atoms with E-state index in [1.54, 1.807) is 0 Å². The predicted molar refractivity (Wildman–Crippen MR) is 78.0 cm³/mol. The molecule has 0 amide bonds. The van der Waals surface area contributed by atoms with Crippen LogP contribution in [0.15, 0.2) is 0 Å². The molecule has 0 aliphatic carbocycles. The number of piperidine rings is 1. The highest BCUT2D eigenvalue weighted by Gasteiger charge is 2.22. The highest BCUT2D eigenvalue weighted by atomic mass is 15.2. The zero-order chi connectivity index (χ0) is 12.8. The van der Waals surface area contributed by atoms with Crippen molar-refractivity contribution >= 4 is 0 Å². The topological polar surface area (TPSA) is 18.5 Å². The maximum atomic E-state index is 3.66. The Morgan fingerprint density at radius 2 is 1.67 bits per heavy atom. The number of likely N-dealkylation sites (tertiary alicyclic amines) is 1. The molecule has 18 heavy (non-hydrogen) atoms. The maximum absolute atomic E-state index is 3.66. The van der Waals surface area contributed by atoms with Gasteiger partial charge in [0, 0.05) is 25.7 Å². The molecule has 2 fully saturated rings. The largest absolute Gasteiger partial charge is 0.313 e. The molecule has 0 bridgehead atoms. The molecule has 3 nitrogen and oxygen atoms in total. The van der Waals surface area contributed by atoms with E-state index in [-0.39, 0.29) is 0 Å². The molecular formula is C15H31N3. The van der Waals surface area contributed by atoms with Crippen molar-refractivity contribution in [1.82, 2.24) is 15.1 Å². The first-order chi connectivity index (χ1) is 8.81. The van der Waals surface area contributed by atoms with Crippen molar-refractivity contribution in [3.8, 4) is 0 Å². The molecule has 0 aromatic carbocycles. The van der Waals surface area contributed by atoms with Crippen LogP contribution in [0, 0.1) is 5.92 Å². The van der Waals surface area contributed by atoms with Gasteiger partial charge in [-0.25, -0.2) is 0 Å². The fourth-order valence-corrected chi connectivity index (χ4v) is 3.36. The zero-order valence-electron chi connectivity index (χ0n) is 12.3. The van der Waals surface area contributed by atoms with E-state index in [0.717, 1.165) is 12.0 Å². The van der Waals surface area contributed by atoms with Gasteiger partial charge in [0.1, 0.15) is 0 Å². The predicted octanol–water partition coefficient (Wildman–Crippen LogP) is 1.79. The van der Waals surface area contributed by atoms with E-state index in [1.165, 1.54) is 71.5 Å². The van der Waals surface area contributed by atoms with Crippen LogP contribution in [0.1, 0.15) is 39.5 Å². The van der Waals surface area contributed by atoms with Gasteiger partial charge in [0.05, 0.1) is 0 Å². The summed E-state index contributed by atoms with van der Waals surface area (Å²) in [5.74, 6) is 0.950. The number of hydrogen-bond acceptors (Lipinski definition) is 3. The first-order valence-electron chi connectivity index (χ1n) is 8.00. The van der Waals surface area contributed by atoms with Crippen molar-refractivity contribution in [2.24, 2.45) is 5.92 Å². The molecule has 0 saturated carbocycles. The first kappa shape index (κ1) is 14.3. The van der Waals surface area contributed by atoms with Gasteiger partial charge in [-0.1, -0.05) is 13.8 Å². The Bertz CT molecular complexity index is 224. The fourth-order valence-electron chi connectivity index (χ4n) is 3.36. The third kappa shape index (κ3) is 4.22. The third-order valence-corrected chi connectivity index (χ3v) is 4.82. The van der Waals surface area contributed by atoms with Crippen molar-refractivity contribution < 1.29 is 0 Å². The summed E-state index contributed by atoms with van der Waals surface area (Å²) in [6, 6.07) is 0.761. The van der Waals surface area contributed by atoms with E-state index in [0.29, 0.717) is 0 Å². The second kappa shape index (κ2) is 7.46. The Kier molecular flexibility index (Phi) is 5.93. The molecular weight excluding hydrogens is 222 g/mol. The van der Waals surface area contributed by atoms with E-state index in [1.807, 2.05) is 0 Å². The number of rotatable bonds is 4. The molecule has 2 aliphatic rings. The van der Waals surface area contributed by atoms with Crippen LogP contribution in [0.4, 0.5) is 0 Å². The second-order valence-corrected chi connectivity index (χ2v) is 6.03. The van der Waals surface area contributed by atoms with E-state index in [9.17, 15) is 0 Å². The molecule has 1 unspecified atom stereocenters. The van der Waals surface area contributed by atoms with Crippen LogP contribution in [0.25, 0.3) is 0 Å². The SMILES string of the molecule is CCC1CCN(CC2CCN(CC)CC2)CCN1. The lowest BCUT2D eigenvalue weighted by atomic mass is 9.96. The van der Waals surface area contributed by atoms with Gasteiger partial charge in [0.25, 0.3) is 0 Å². The van der Waals surface area contributed by atoms with Gasteiger partial charge in [-0.2, -0.15) is 0 Å². The molecule has 2 heterocycles. The lowest BCUT2D eigenvalue weighted by Crippen LogP contribution is -2.39. The summed E-state index contributed by atoms with van der Waals surface area (Å²) in [6.45, 7) is 13.6. The molecule has 2 saturated heterocycles. The molecule has 2 aliphatic heterocycles. The molecule has 3 heteroatoms. The summed E-state index contributed by atoms with van der Waals surface area (Å²) in [6.07, 6.45) is 5.44. The van der Waals surface area contributed by atoms with Crippen LogP contribution < -0.4 is 5.32 Å². The number of nitrogens with one attached hydrogen (secondary N) is 1. The van der Waals surface area contributed by atoms with Crippen molar-refractivity contribution in [1.29, 1.82) is 0 Å². The minimum absolute atomic E-state index is 0.761. The van der Waals surface area contributed by atoms with E-state index >= 15 is 0 Å². The monoisotopic (exact) mass is 253 g/mol. The molecule has 106 valence electrons. The van der Waals surface area contributed by atoms with Gasteiger partial charge in [-0.05, 0) is 57.8 Å². The van der Waals surface area contributed by atoms with Crippen LogP contribution in [0.2, 0.25) is 0 Å². The standard InChI is InChI=1S/C15H31N3/c1-3-15-7-11-18(12-8-16-15)13-14-5-9-17(4-2)10-6-14/h14-16H,3-13H2,1-2H3. The molecule has 1 N–H and O–H groups in total. The van der Waals surface area contributed by atoms with Gasteiger partial charge in [0.2, 0.25) is 0 Å². The Balaban J connectivity index is 1.70. The van der Waals surface area contributed by atoms with Gasteiger partial charge < -0.3 is 15.1 Å². The third-order valence-electron chi connectivity index (χ3n) is 4.82. The molecule has 0 radical (unpaired) electrons. The molecule has 0 aromatic heterocycles. The van der Waals surface area contributed by atoms with Crippen molar-refractivity contribution in [3.05, 3.63) is 0 Å². The van der Waals surface area contributed by atoms with Crippen LogP contribution >= 0.6 is 0 Å². The Labute approximate surface area is 113 Å². The van der Waals surface area contributed by atoms with E-state index in [4.69, 9.17) is 0 Å². The highest BCUT2D eigenvalue weighted by Crippen LogP contribution is 2.19. The minimum Gasteiger partial charge on any atom is -0.313 e. The summed E-state index contributed by atoms with van der Waals surface area (Å²) in [7, 11) is 0. The Morgan fingerprint density at radius 1 is 0.944 bits per heavy atom. The van der Waals surface area contributed by atoms with Crippen molar-refractivity contribution in [3.63, 3.8) is 0 Å². The molecule has 0 spiro atoms. The summed E-state index contributed by atoms with van der Waals surface area (Å²) >= 11 is 0. The minimum atomic E-state index is 0.761. The smallest absolute Gasteiger partial charge is 0.0107 e.